The smallest absolute Gasteiger partial charge is 0.319 e. The molecule has 0 saturated heterocycles. The normalized spacial score (nSPS) is 21.8. The molecule has 4 atom stereocenters. The number of carbonyl (C=O) groups is 4. The second-order valence-electron chi connectivity index (χ2n) is 14.8. The minimum absolute atomic E-state index is 0.0109. The van der Waals surface area contributed by atoms with Crippen molar-refractivity contribution in [1.29, 1.82) is 0 Å². The molecule has 0 radical (unpaired) electrons. The van der Waals surface area contributed by atoms with E-state index in [1.54, 1.807) is 0 Å². The van der Waals surface area contributed by atoms with E-state index in [0.717, 1.165) is 73.1 Å². The van der Waals surface area contributed by atoms with Gasteiger partial charge in [-0.25, -0.2) is 4.79 Å². The van der Waals surface area contributed by atoms with Crippen LogP contribution in [0.3, 0.4) is 0 Å². The average Bonchev–Trinajstić information content (AvgIpc) is 3.17. The van der Waals surface area contributed by atoms with Crippen LogP contribution in [0.15, 0.2) is 72.8 Å². The molecule has 1 fully saturated rings. The van der Waals surface area contributed by atoms with Gasteiger partial charge in [-0.15, -0.1) is 0 Å². The zero-order valence-electron chi connectivity index (χ0n) is 31.5. The lowest BCUT2D eigenvalue weighted by atomic mass is 9.78. The SMILES string of the molecule is CCC(=O)N1c2ccccc2[C@H](Nc2ccc(NC(=O)NCCNC(=O)C3(N[C@@H]4C[C@H](C)N(C(=O)CC)c5ccccc54)CCCCC3)cc2)C[C@@H]1C. The summed E-state index contributed by atoms with van der Waals surface area (Å²) in [6.45, 7) is 8.53. The molecule has 0 unspecified atom stereocenters. The number of amides is 5. The third-order valence-electron chi connectivity index (χ3n) is 11.1. The monoisotopic (exact) mass is 721 g/mol. The van der Waals surface area contributed by atoms with Crippen molar-refractivity contribution in [2.45, 2.75) is 115 Å². The van der Waals surface area contributed by atoms with Gasteiger partial charge in [0.1, 0.15) is 0 Å². The maximum absolute atomic E-state index is 13.9. The molecule has 6 rings (SSSR count). The molecule has 2 aliphatic heterocycles. The molecule has 0 spiro atoms. The van der Waals surface area contributed by atoms with Crippen molar-refractivity contribution >= 4 is 46.5 Å². The number of hydrogen-bond acceptors (Lipinski definition) is 6. The van der Waals surface area contributed by atoms with Gasteiger partial charge in [0.05, 0.1) is 11.6 Å². The molecule has 5 amide bonds. The van der Waals surface area contributed by atoms with Crippen molar-refractivity contribution in [2.24, 2.45) is 0 Å². The van der Waals surface area contributed by atoms with Crippen LogP contribution in [-0.2, 0) is 14.4 Å². The highest BCUT2D eigenvalue weighted by molar-refractivity contribution is 5.96. The van der Waals surface area contributed by atoms with Crippen LogP contribution < -0.4 is 36.4 Å². The fourth-order valence-corrected chi connectivity index (χ4v) is 8.47. The van der Waals surface area contributed by atoms with Crippen molar-refractivity contribution in [3.8, 4) is 0 Å². The standard InChI is InChI=1S/C42H55N7O4/c1-5-38(50)48-28(3)26-34(32-14-8-10-16-36(32)48)45-30-18-20-31(21-19-30)46-41(53)44-25-24-43-40(52)42(22-12-7-13-23-42)47-35-27-29(4)49(39(51)6-2)37-17-11-9-15-33(35)37/h8-11,14-21,28-29,34-35,45,47H,5-7,12-13,22-27H2,1-4H3,(H,43,52)(H2,44,46,53)/t28-,29-,34+,35+/m0/s1. The van der Waals surface area contributed by atoms with E-state index in [4.69, 9.17) is 0 Å². The topological polar surface area (TPSA) is 135 Å². The highest BCUT2D eigenvalue weighted by atomic mass is 16.2. The van der Waals surface area contributed by atoms with E-state index in [1.807, 2.05) is 84.3 Å². The van der Waals surface area contributed by atoms with Gasteiger partial charge < -0.3 is 31.1 Å². The Bertz CT molecular complexity index is 1770. The van der Waals surface area contributed by atoms with E-state index in [-0.39, 0.29) is 54.5 Å². The van der Waals surface area contributed by atoms with Crippen molar-refractivity contribution in [3.63, 3.8) is 0 Å². The first-order valence-corrected chi connectivity index (χ1v) is 19.4. The van der Waals surface area contributed by atoms with Crippen molar-refractivity contribution in [1.82, 2.24) is 16.0 Å². The maximum atomic E-state index is 13.9. The molecule has 1 aliphatic carbocycles. The van der Waals surface area contributed by atoms with Crippen molar-refractivity contribution in [3.05, 3.63) is 83.9 Å². The Morgan fingerprint density at radius 2 is 1.17 bits per heavy atom. The summed E-state index contributed by atoms with van der Waals surface area (Å²) >= 11 is 0. The van der Waals surface area contributed by atoms with E-state index >= 15 is 0 Å². The summed E-state index contributed by atoms with van der Waals surface area (Å²) in [4.78, 5) is 56.0. The van der Waals surface area contributed by atoms with E-state index in [0.29, 0.717) is 25.1 Å². The van der Waals surface area contributed by atoms with E-state index < -0.39 is 5.54 Å². The molecule has 5 N–H and O–H groups in total. The van der Waals surface area contributed by atoms with Crippen molar-refractivity contribution < 1.29 is 19.2 Å². The zero-order valence-corrected chi connectivity index (χ0v) is 31.5. The van der Waals surface area contributed by atoms with E-state index in [9.17, 15) is 19.2 Å². The predicted molar refractivity (Wildman–Crippen MR) is 211 cm³/mol. The van der Waals surface area contributed by atoms with Crippen LogP contribution in [0.5, 0.6) is 0 Å². The minimum Gasteiger partial charge on any atom is -0.378 e. The lowest BCUT2D eigenvalue weighted by Crippen LogP contribution is -2.60. The third-order valence-corrected chi connectivity index (χ3v) is 11.1. The molecule has 2 heterocycles. The molecule has 1 saturated carbocycles. The van der Waals surface area contributed by atoms with Crippen LogP contribution in [-0.4, -0.2) is 54.5 Å². The number of fused-ring (bicyclic) bond motifs is 2. The van der Waals surface area contributed by atoms with Crippen LogP contribution in [0.2, 0.25) is 0 Å². The molecule has 11 heteroatoms. The van der Waals surface area contributed by atoms with Crippen LogP contribution in [0.1, 0.15) is 109 Å². The van der Waals surface area contributed by atoms with Crippen molar-refractivity contribution in [2.75, 3.05) is 33.5 Å². The van der Waals surface area contributed by atoms with E-state index in [2.05, 4.69) is 52.6 Å². The molecule has 11 nitrogen and oxygen atoms in total. The number of rotatable bonds is 11. The first-order valence-electron chi connectivity index (χ1n) is 19.4. The Morgan fingerprint density at radius 1 is 0.660 bits per heavy atom. The average molecular weight is 722 g/mol. The molecule has 282 valence electrons. The summed E-state index contributed by atoms with van der Waals surface area (Å²) in [5, 5.41) is 16.3. The second kappa shape index (κ2) is 16.8. The number of hydrogen-bond donors (Lipinski definition) is 5. The largest absolute Gasteiger partial charge is 0.378 e. The fraction of sp³-hybridized carbons (Fsp3) is 0.476. The maximum Gasteiger partial charge on any atom is 0.319 e. The van der Waals surface area contributed by atoms with Crippen LogP contribution >= 0.6 is 0 Å². The van der Waals surface area contributed by atoms with Gasteiger partial charge in [-0.1, -0.05) is 69.5 Å². The Hall–Kier alpha value is -4.90. The second-order valence-corrected chi connectivity index (χ2v) is 14.8. The Kier molecular flexibility index (Phi) is 12.0. The fourth-order valence-electron chi connectivity index (χ4n) is 8.47. The Labute approximate surface area is 313 Å². The van der Waals surface area contributed by atoms with Gasteiger partial charge in [-0.05, 0) is 87.1 Å². The molecule has 3 aliphatic rings. The summed E-state index contributed by atoms with van der Waals surface area (Å²) in [7, 11) is 0. The van der Waals surface area contributed by atoms with Gasteiger partial charge in [0.2, 0.25) is 17.7 Å². The Balaban J connectivity index is 1.01. The number of anilines is 4. The summed E-state index contributed by atoms with van der Waals surface area (Å²) < 4.78 is 0. The number of nitrogens with zero attached hydrogens (tertiary/aromatic N) is 2. The van der Waals surface area contributed by atoms with Gasteiger partial charge in [0.15, 0.2) is 0 Å². The number of nitrogens with one attached hydrogen (secondary N) is 5. The summed E-state index contributed by atoms with van der Waals surface area (Å²) in [6, 6.07) is 23.4. The number of carbonyl (C=O) groups excluding carboxylic acids is 4. The van der Waals surface area contributed by atoms with Gasteiger partial charge in [0.25, 0.3) is 0 Å². The lowest BCUT2D eigenvalue weighted by Gasteiger charge is -2.45. The minimum atomic E-state index is -0.714. The lowest BCUT2D eigenvalue weighted by molar-refractivity contribution is -0.129. The third kappa shape index (κ3) is 8.35. The van der Waals surface area contributed by atoms with E-state index in [1.165, 1.54) is 0 Å². The zero-order chi connectivity index (χ0) is 37.5. The summed E-state index contributed by atoms with van der Waals surface area (Å²) in [6.07, 6.45) is 6.92. The number of para-hydroxylation sites is 2. The van der Waals surface area contributed by atoms with Gasteiger partial charge >= 0.3 is 6.03 Å². The van der Waals surface area contributed by atoms with Crippen LogP contribution in [0.4, 0.5) is 27.5 Å². The molecular weight excluding hydrogens is 667 g/mol. The molecule has 53 heavy (non-hydrogen) atoms. The molecule has 3 aromatic carbocycles. The number of benzene rings is 3. The first kappa shape index (κ1) is 37.8. The molecule has 0 aromatic heterocycles. The van der Waals surface area contributed by atoms with Gasteiger partial charge in [0, 0.05) is 66.8 Å². The molecule has 3 aromatic rings. The van der Waals surface area contributed by atoms with Gasteiger partial charge in [-0.2, -0.15) is 0 Å². The summed E-state index contributed by atoms with van der Waals surface area (Å²) in [5.74, 6) is 0.189. The van der Waals surface area contributed by atoms with Crippen LogP contribution in [0, 0.1) is 0 Å². The Morgan fingerprint density at radius 3 is 1.75 bits per heavy atom. The highest BCUT2D eigenvalue weighted by Gasteiger charge is 2.43. The quantitative estimate of drug-likeness (QED) is 0.133. The number of urea groups is 1. The van der Waals surface area contributed by atoms with Gasteiger partial charge in [-0.3, -0.25) is 19.7 Å². The molecular formula is C42H55N7O4. The predicted octanol–water partition coefficient (Wildman–Crippen LogP) is 7.18. The molecule has 0 bridgehead atoms. The highest BCUT2D eigenvalue weighted by Crippen LogP contribution is 2.41. The van der Waals surface area contributed by atoms with Crippen LogP contribution in [0.25, 0.3) is 0 Å². The summed E-state index contributed by atoms with van der Waals surface area (Å²) in [5.41, 5.74) is 4.88. The first-order chi connectivity index (χ1) is 25.6.